The second-order valence-corrected chi connectivity index (χ2v) is 5.27. The summed E-state index contributed by atoms with van der Waals surface area (Å²) in [6, 6.07) is 0. The van der Waals surface area contributed by atoms with Gasteiger partial charge in [-0.25, -0.2) is 0 Å². The van der Waals surface area contributed by atoms with Gasteiger partial charge >= 0.3 is 56.2 Å². The van der Waals surface area contributed by atoms with Crippen LogP contribution in [0.3, 0.4) is 0 Å². The average Bonchev–Trinajstić information content (AvgIpc) is 1.63. The van der Waals surface area contributed by atoms with E-state index in [-0.39, 0.29) is 0 Å². The van der Waals surface area contributed by atoms with Gasteiger partial charge in [-0.3, -0.25) is 4.79 Å². The van der Waals surface area contributed by atoms with Crippen molar-refractivity contribution in [1.82, 2.24) is 0 Å². The van der Waals surface area contributed by atoms with Crippen LogP contribution in [0.15, 0.2) is 0 Å². The van der Waals surface area contributed by atoms with Crippen LogP contribution in [0.4, 0.5) is 0 Å². The van der Waals surface area contributed by atoms with Crippen LogP contribution in [-0.2, 0) is 30.9 Å². The minimum absolute atomic E-state index is 0.628. The second kappa shape index (κ2) is 6.14. The second-order valence-electron chi connectivity index (χ2n) is 3.33. The number of carboxylic acid groups (broad SMARTS) is 1. The third-order valence-electron chi connectivity index (χ3n) is 0.750. The van der Waals surface area contributed by atoms with E-state index < -0.39 is 5.97 Å². The van der Waals surface area contributed by atoms with Gasteiger partial charge < -0.3 is 5.11 Å². The first-order valence-electron chi connectivity index (χ1n) is 3.28. The van der Waals surface area contributed by atoms with Crippen molar-refractivity contribution in [2.24, 2.45) is 5.41 Å². The van der Waals surface area contributed by atoms with Gasteiger partial charge in [0.15, 0.2) is 0 Å². The molecule has 0 aromatic carbocycles. The van der Waals surface area contributed by atoms with Crippen LogP contribution in [0, 0.1) is 5.41 Å². The first-order chi connectivity index (χ1) is 4.29. The Morgan fingerprint density at radius 2 is 1.60 bits per heavy atom. The molecule has 57 valence electrons. The molecule has 0 amide bonds. The van der Waals surface area contributed by atoms with E-state index in [1.807, 2.05) is 0 Å². The predicted molar refractivity (Wildman–Crippen MR) is 37.6 cm³/mol. The van der Waals surface area contributed by atoms with Gasteiger partial charge in [-0.05, 0) is 0 Å². The normalized spacial score (nSPS) is 9.80. The first kappa shape index (κ1) is 13.0. The summed E-state index contributed by atoms with van der Waals surface area (Å²) in [6.45, 7) is 7.96. The van der Waals surface area contributed by atoms with Gasteiger partial charge in [0.1, 0.15) is 0 Å². The van der Waals surface area contributed by atoms with Crippen molar-refractivity contribution in [3.8, 4) is 0 Å². The zero-order chi connectivity index (χ0) is 8.78. The van der Waals surface area contributed by atoms with E-state index in [2.05, 4.69) is 20.8 Å². The van der Waals surface area contributed by atoms with Gasteiger partial charge in [-0.1, -0.05) is 0 Å². The van der Waals surface area contributed by atoms with Crippen LogP contribution in [0.25, 0.3) is 0 Å². The molecular formula is C7H15HgO2. The summed E-state index contributed by atoms with van der Waals surface area (Å²) >= 11 is 1.00. The van der Waals surface area contributed by atoms with E-state index in [0.29, 0.717) is 5.41 Å². The quantitative estimate of drug-likeness (QED) is 0.690. The van der Waals surface area contributed by atoms with Gasteiger partial charge in [0.2, 0.25) is 0 Å². The molecule has 0 atom stereocenters. The maximum absolute atomic E-state index is 9.00. The molecule has 0 rings (SSSR count). The Labute approximate surface area is 79.0 Å². The van der Waals surface area contributed by atoms with E-state index in [0.717, 1.165) is 33.0 Å². The Bertz CT molecular complexity index is 90.3. The maximum atomic E-state index is 9.00. The van der Waals surface area contributed by atoms with E-state index in [1.165, 1.54) is 3.93 Å². The van der Waals surface area contributed by atoms with Gasteiger partial charge in [0, 0.05) is 6.92 Å². The van der Waals surface area contributed by atoms with Crippen LogP contribution in [0.2, 0.25) is 3.93 Å². The summed E-state index contributed by atoms with van der Waals surface area (Å²) in [5.41, 5.74) is 0.628. The molecule has 0 unspecified atom stereocenters. The van der Waals surface area contributed by atoms with Gasteiger partial charge in [-0.2, -0.15) is 0 Å². The summed E-state index contributed by atoms with van der Waals surface area (Å²) in [7, 11) is 0. The number of hydrogen-bond acceptors (Lipinski definition) is 1. The zero-order valence-electron chi connectivity index (χ0n) is 7.27. The van der Waals surface area contributed by atoms with Crippen LogP contribution in [0.1, 0.15) is 27.7 Å². The number of rotatable bonds is 0. The number of carbonyl (C=O) groups is 1. The van der Waals surface area contributed by atoms with Crippen LogP contribution in [0.5, 0.6) is 0 Å². The third-order valence-corrected chi connectivity index (χ3v) is 6.58. The van der Waals surface area contributed by atoms with Gasteiger partial charge in [0.25, 0.3) is 5.97 Å². The molecule has 0 radical (unpaired) electrons. The molecular weight excluding hydrogens is 317 g/mol. The topological polar surface area (TPSA) is 37.3 Å². The fraction of sp³-hybridized carbons (Fsp3) is 0.857. The van der Waals surface area contributed by atoms with Gasteiger partial charge in [0.05, 0.1) is 0 Å². The Morgan fingerprint density at radius 1 is 1.50 bits per heavy atom. The summed E-state index contributed by atoms with van der Waals surface area (Å²) < 4.78 is 1.47. The summed E-state index contributed by atoms with van der Waals surface area (Å²) in [6.07, 6.45) is 0. The van der Waals surface area contributed by atoms with E-state index in [4.69, 9.17) is 9.90 Å². The molecule has 0 aliphatic rings. The molecule has 3 heteroatoms. The number of aliphatic carboxylic acids is 1. The zero-order valence-corrected chi connectivity index (χ0v) is 12.8. The van der Waals surface area contributed by atoms with Crippen molar-refractivity contribution in [2.45, 2.75) is 31.6 Å². The van der Waals surface area contributed by atoms with Crippen molar-refractivity contribution >= 4 is 5.97 Å². The minimum atomic E-state index is -0.833. The van der Waals surface area contributed by atoms with Crippen molar-refractivity contribution in [1.29, 1.82) is 0 Å². The monoisotopic (exact) mass is 333 g/mol. The molecule has 0 spiro atoms. The predicted octanol–water partition coefficient (Wildman–Crippen LogP) is 2.09. The molecule has 0 aromatic rings. The SMILES string of the molecule is CC(=O)O.CC(C)(C)[CH2][Hg]. The van der Waals surface area contributed by atoms with Crippen molar-refractivity contribution in [3.63, 3.8) is 0 Å². The van der Waals surface area contributed by atoms with E-state index in [1.54, 1.807) is 0 Å². The molecule has 10 heavy (non-hydrogen) atoms. The summed E-state index contributed by atoms with van der Waals surface area (Å²) in [5, 5.41) is 7.42. The fourth-order valence-electron chi connectivity index (χ4n) is 0. The average molecular weight is 332 g/mol. The third kappa shape index (κ3) is 39.8. The van der Waals surface area contributed by atoms with E-state index >= 15 is 0 Å². The molecule has 0 aliphatic heterocycles. The Hall–Kier alpha value is 0.405. The standard InChI is InChI=1S/C5H11.C2H4O2.Hg/c1-5(2,3)4;1-2(3)4;/h1H2,2-4H3;1H3,(H,3,4);. The first-order valence-corrected chi connectivity index (χ1v) is 7.17. The molecule has 0 aromatic heterocycles. The van der Waals surface area contributed by atoms with Crippen LogP contribution in [-0.4, -0.2) is 11.1 Å². The molecule has 0 fully saturated rings. The molecule has 0 saturated heterocycles. The number of carboxylic acids is 1. The van der Waals surface area contributed by atoms with Crippen molar-refractivity contribution < 1.29 is 36.0 Å². The van der Waals surface area contributed by atoms with E-state index in [9.17, 15) is 0 Å². The number of hydrogen-bond donors (Lipinski definition) is 1. The van der Waals surface area contributed by atoms with Crippen molar-refractivity contribution in [2.75, 3.05) is 0 Å². The van der Waals surface area contributed by atoms with Gasteiger partial charge in [-0.15, -0.1) is 0 Å². The Kier molecular flexibility index (Phi) is 8.00. The molecule has 0 bridgehead atoms. The molecule has 0 heterocycles. The fourth-order valence-corrected chi connectivity index (χ4v) is 0. The van der Waals surface area contributed by atoms with Crippen LogP contribution < -0.4 is 0 Å². The Morgan fingerprint density at radius 3 is 1.60 bits per heavy atom. The summed E-state index contributed by atoms with van der Waals surface area (Å²) in [4.78, 5) is 9.00. The molecule has 0 saturated carbocycles. The molecule has 1 N–H and O–H groups in total. The molecule has 0 aliphatic carbocycles. The van der Waals surface area contributed by atoms with Crippen LogP contribution >= 0.6 is 0 Å². The Balaban J connectivity index is 0. The summed E-state index contributed by atoms with van der Waals surface area (Å²) in [5.74, 6) is -0.833. The molecule has 2 nitrogen and oxygen atoms in total. The van der Waals surface area contributed by atoms with Crippen molar-refractivity contribution in [3.05, 3.63) is 0 Å².